The molecule has 0 fully saturated rings. The number of hydrogen-bond acceptors (Lipinski definition) is 4. The lowest BCUT2D eigenvalue weighted by molar-refractivity contribution is -0.120. The van der Waals surface area contributed by atoms with E-state index in [0.717, 1.165) is 0 Å². The molecular weight excluding hydrogens is 242 g/mol. The fraction of sp³-hybridized carbons (Fsp3) is 0.545. The molecule has 96 valence electrons. The van der Waals surface area contributed by atoms with Crippen LogP contribution in [-0.4, -0.2) is 24.8 Å². The number of carbonyl (C=O) groups is 1. The van der Waals surface area contributed by atoms with Crippen LogP contribution in [0.4, 0.5) is 0 Å². The van der Waals surface area contributed by atoms with Crippen LogP contribution in [0.5, 0.6) is 0 Å². The first-order valence-electron chi connectivity index (χ1n) is 5.38. The fourth-order valence-corrected chi connectivity index (χ4v) is 2.49. The van der Waals surface area contributed by atoms with Crippen LogP contribution in [0, 0.1) is 0 Å². The Labute approximate surface area is 101 Å². The van der Waals surface area contributed by atoms with Gasteiger partial charge in [0.1, 0.15) is 11.0 Å². The SMILES string of the molecule is CC(C)S(=O)(=O)C(C)C(=O)NCc1ccco1. The highest BCUT2D eigenvalue weighted by atomic mass is 32.2. The molecule has 0 aliphatic heterocycles. The Morgan fingerprint density at radius 3 is 2.53 bits per heavy atom. The zero-order valence-electron chi connectivity index (χ0n) is 10.1. The molecule has 1 N–H and O–H groups in total. The van der Waals surface area contributed by atoms with Gasteiger partial charge in [-0.05, 0) is 32.9 Å². The molecule has 1 amide bonds. The standard InChI is InChI=1S/C11H17NO4S/c1-8(2)17(14,15)9(3)11(13)12-7-10-5-4-6-16-10/h4-6,8-9H,7H2,1-3H3,(H,12,13). The van der Waals surface area contributed by atoms with Crippen molar-refractivity contribution in [3.8, 4) is 0 Å². The molecule has 6 heteroatoms. The van der Waals surface area contributed by atoms with Gasteiger partial charge in [-0.15, -0.1) is 0 Å². The number of furan rings is 1. The van der Waals surface area contributed by atoms with E-state index in [9.17, 15) is 13.2 Å². The van der Waals surface area contributed by atoms with Crippen LogP contribution >= 0.6 is 0 Å². The third-order valence-corrected chi connectivity index (χ3v) is 5.05. The van der Waals surface area contributed by atoms with Crippen molar-refractivity contribution >= 4 is 15.7 Å². The third kappa shape index (κ3) is 3.33. The van der Waals surface area contributed by atoms with E-state index in [-0.39, 0.29) is 6.54 Å². The first-order chi connectivity index (χ1) is 7.85. The quantitative estimate of drug-likeness (QED) is 0.859. The lowest BCUT2D eigenvalue weighted by Crippen LogP contribution is -2.40. The van der Waals surface area contributed by atoms with Crippen LogP contribution in [-0.2, 0) is 21.2 Å². The minimum atomic E-state index is -3.41. The Balaban J connectivity index is 2.59. The first kappa shape index (κ1) is 13.8. The van der Waals surface area contributed by atoms with E-state index in [1.165, 1.54) is 13.2 Å². The van der Waals surface area contributed by atoms with Crippen LogP contribution in [0.2, 0.25) is 0 Å². The summed E-state index contributed by atoms with van der Waals surface area (Å²) in [6, 6.07) is 3.41. The van der Waals surface area contributed by atoms with Crippen LogP contribution in [0.15, 0.2) is 22.8 Å². The second kappa shape index (κ2) is 5.35. The third-order valence-electron chi connectivity index (χ3n) is 2.54. The molecule has 0 aliphatic rings. The average molecular weight is 259 g/mol. The molecule has 17 heavy (non-hydrogen) atoms. The molecule has 5 nitrogen and oxygen atoms in total. The van der Waals surface area contributed by atoms with Crippen LogP contribution in [0.25, 0.3) is 0 Å². The van der Waals surface area contributed by atoms with Crippen molar-refractivity contribution in [3.05, 3.63) is 24.2 Å². The van der Waals surface area contributed by atoms with Crippen molar-refractivity contribution in [2.24, 2.45) is 0 Å². The van der Waals surface area contributed by atoms with Gasteiger partial charge < -0.3 is 9.73 Å². The zero-order chi connectivity index (χ0) is 13.1. The monoisotopic (exact) mass is 259 g/mol. The number of carbonyl (C=O) groups excluding carboxylic acids is 1. The van der Waals surface area contributed by atoms with Gasteiger partial charge in [0, 0.05) is 0 Å². The molecule has 0 spiro atoms. The Morgan fingerprint density at radius 2 is 2.06 bits per heavy atom. The van der Waals surface area contributed by atoms with E-state index < -0.39 is 26.2 Å². The Kier molecular flexibility index (Phi) is 4.34. The number of hydrogen-bond donors (Lipinski definition) is 1. The lowest BCUT2D eigenvalue weighted by Gasteiger charge is -2.15. The van der Waals surface area contributed by atoms with Crippen LogP contribution < -0.4 is 5.32 Å². The normalized spacial score (nSPS) is 13.6. The molecule has 0 saturated carbocycles. The number of amides is 1. The minimum Gasteiger partial charge on any atom is -0.467 e. The van der Waals surface area contributed by atoms with Crippen LogP contribution in [0.1, 0.15) is 26.5 Å². The first-order valence-corrected chi connectivity index (χ1v) is 6.99. The maximum absolute atomic E-state index is 11.7. The summed E-state index contributed by atoms with van der Waals surface area (Å²) in [7, 11) is -3.41. The van der Waals surface area contributed by atoms with Gasteiger partial charge in [-0.1, -0.05) is 0 Å². The summed E-state index contributed by atoms with van der Waals surface area (Å²) >= 11 is 0. The van der Waals surface area contributed by atoms with Crippen molar-refractivity contribution in [1.82, 2.24) is 5.32 Å². The van der Waals surface area contributed by atoms with Crippen molar-refractivity contribution < 1.29 is 17.6 Å². The summed E-state index contributed by atoms with van der Waals surface area (Å²) < 4.78 is 28.5. The van der Waals surface area contributed by atoms with E-state index in [4.69, 9.17) is 4.42 Å². The van der Waals surface area contributed by atoms with Gasteiger partial charge in [0.2, 0.25) is 5.91 Å². The molecule has 1 heterocycles. The maximum atomic E-state index is 11.7. The molecule has 1 unspecified atom stereocenters. The predicted octanol–water partition coefficient (Wildman–Crippen LogP) is 1.11. The number of sulfone groups is 1. The Morgan fingerprint density at radius 1 is 1.41 bits per heavy atom. The van der Waals surface area contributed by atoms with Gasteiger partial charge in [0.15, 0.2) is 9.84 Å². The Bertz CT molecular complexity index is 462. The van der Waals surface area contributed by atoms with E-state index in [0.29, 0.717) is 5.76 Å². The molecule has 1 rings (SSSR count). The molecule has 1 aromatic rings. The highest BCUT2D eigenvalue weighted by Crippen LogP contribution is 2.09. The van der Waals surface area contributed by atoms with E-state index in [2.05, 4.69) is 5.32 Å². The molecule has 1 aromatic heterocycles. The average Bonchev–Trinajstić information content (AvgIpc) is 2.77. The number of nitrogens with one attached hydrogen (secondary N) is 1. The van der Waals surface area contributed by atoms with Crippen LogP contribution in [0.3, 0.4) is 0 Å². The van der Waals surface area contributed by atoms with Gasteiger partial charge in [-0.25, -0.2) is 8.42 Å². The molecular formula is C11H17NO4S. The molecule has 0 radical (unpaired) electrons. The van der Waals surface area contributed by atoms with Crippen molar-refractivity contribution in [2.75, 3.05) is 0 Å². The van der Waals surface area contributed by atoms with Gasteiger partial charge in [0.25, 0.3) is 0 Å². The highest BCUT2D eigenvalue weighted by Gasteiger charge is 2.30. The molecule has 0 bridgehead atoms. The highest BCUT2D eigenvalue weighted by molar-refractivity contribution is 7.93. The summed E-state index contributed by atoms with van der Waals surface area (Å²) in [5.41, 5.74) is 0. The molecule has 0 aliphatic carbocycles. The Hall–Kier alpha value is -1.30. The summed E-state index contributed by atoms with van der Waals surface area (Å²) in [6.07, 6.45) is 1.50. The van der Waals surface area contributed by atoms with Gasteiger partial charge in [-0.3, -0.25) is 4.79 Å². The van der Waals surface area contributed by atoms with Gasteiger partial charge in [0.05, 0.1) is 18.1 Å². The maximum Gasteiger partial charge on any atom is 0.238 e. The van der Waals surface area contributed by atoms with Gasteiger partial charge >= 0.3 is 0 Å². The van der Waals surface area contributed by atoms with E-state index >= 15 is 0 Å². The topological polar surface area (TPSA) is 76.4 Å². The lowest BCUT2D eigenvalue weighted by atomic mass is 10.4. The van der Waals surface area contributed by atoms with Crippen molar-refractivity contribution in [3.63, 3.8) is 0 Å². The summed E-state index contributed by atoms with van der Waals surface area (Å²) in [4.78, 5) is 11.7. The molecule has 0 aromatic carbocycles. The second-order valence-electron chi connectivity index (χ2n) is 4.08. The summed E-state index contributed by atoms with van der Waals surface area (Å²) in [5, 5.41) is 0.927. The smallest absolute Gasteiger partial charge is 0.238 e. The van der Waals surface area contributed by atoms with E-state index in [1.54, 1.807) is 26.0 Å². The van der Waals surface area contributed by atoms with Crippen molar-refractivity contribution in [1.29, 1.82) is 0 Å². The summed E-state index contributed by atoms with van der Waals surface area (Å²) in [6.45, 7) is 4.72. The fourth-order valence-electron chi connectivity index (χ4n) is 1.29. The second-order valence-corrected chi connectivity index (χ2v) is 6.91. The van der Waals surface area contributed by atoms with Gasteiger partial charge in [-0.2, -0.15) is 0 Å². The van der Waals surface area contributed by atoms with E-state index in [1.807, 2.05) is 0 Å². The largest absolute Gasteiger partial charge is 0.467 e. The molecule has 0 saturated heterocycles. The van der Waals surface area contributed by atoms with Crippen molar-refractivity contribution in [2.45, 2.75) is 37.8 Å². The number of rotatable bonds is 5. The minimum absolute atomic E-state index is 0.198. The molecule has 1 atom stereocenters. The zero-order valence-corrected chi connectivity index (χ0v) is 11.0. The summed E-state index contributed by atoms with van der Waals surface area (Å²) in [5.74, 6) is 0.0857. The predicted molar refractivity (Wildman–Crippen MR) is 64.1 cm³/mol.